The number of para-hydroxylation sites is 1. The molecule has 9 aromatic rings. The highest BCUT2D eigenvalue weighted by atomic mass is 16.3. The minimum absolute atomic E-state index is 0.0609. The van der Waals surface area contributed by atoms with Crippen molar-refractivity contribution < 1.29 is 4.42 Å². The molecule has 0 spiro atoms. The van der Waals surface area contributed by atoms with Crippen LogP contribution in [0, 0.1) is 0 Å². The number of nitrogens with zero attached hydrogens (tertiary/aromatic N) is 2. The molecule has 0 amide bonds. The highest BCUT2D eigenvalue weighted by Gasteiger charge is 2.36. The van der Waals surface area contributed by atoms with Gasteiger partial charge in [0.25, 0.3) is 0 Å². The second-order valence-corrected chi connectivity index (χ2v) is 13.7. The van der Waals surface area contributed by atoms with Crippen LogP contribution in [0.1, 0.15) is 25.0 Å². The van der Waals surface area contributed by atoms with E-state index in [9.17, 15) is 0 Å². The summed E-state index contributed by atoms with van der Waals surface area (Å²) >= 11 is 0. The molecule has 1 aliphatic carbocycles. The average molecular weight is 641 g/mol. The Labute approximate surface area is 290 Å². The van der Waals surface area contributed by atoms with Crippen LogP contribution >= 0.6 is 0 Å². The number of aromatic nitrogens is 2. The summed E-state index contributed by atoms with van der Waals surface area (Å²) in [6.45, 7) is 4.68. The summed E-state index contributed by atoms with van der Waals surface area (Å²) in [5.74, 6) is 0.697. The van der Waals surface area contributed by atoms with Crippen LogP contribution in [0.15, 0.2) is 162 Å². The summed E-state index contributed by atoms with van der Waals surface area (Å²) in [7, 11) is 0. The van der Waals surface area contributed by atoms with Gasteiger partial charge in [0.2, 0.25) is 0 Å². The number of furan rings is 1. The van der Waals surface area contributed by atoms with Crippen LogP contribution in [0.5, 0.6) is 0 Å². The van der Waals surface area contributed by atoms with Crippen molar-refractivity contribution in [2.24, 2.45) is 0 Å². The van der Waals surface area contributed by atoms with Gasteiger partial charge in [0, 0.05) is 32.9 Å². The van der Waals surface area contributed by atoms with Crippen LogP contribution in [-0.2, 0) is 5.41 Å². The van der Waals surface area contributed by atoms with Gasteiger partial charge < -0.3 is 4.42 Å². The number of fused-ring (bicyclic) bond motifs is 7. The Balaban J connectivity index is 1.19. The van der Waals surface area contributed by atoms with Crippen LogP contribution in [0.4, 0.5) is 0 Å². The number of rotatable bonds is 4. The number of hydrogen-bond donors (Lipinski definition) is 0. The summed E-state index contributed by atoms with van der Waals surface area (Å²) in [5.41, 5.74) is 14.4. The maximum Gasteiger partial charge on any atom is 0.160 e. The molecule has 0 fully saturated rings. The van der Waals surface area contributed by atoms with Gasteiger partial charge in [0.1, 0.15) is 11.2 Å². The van der Waals surface area contributed by atoms with Gasteiger partial charge in [-0.3, -0.25) is 0 Å². The highest BCUT2D eigenvalue weighted by molar-refractivity contribution is 6.09. The van der Waals surface area contributed by atoms with Crippen LogP contribution in [0.2, 0.25) is 0 Å². The minimum Gasteiger partial charge on any atom is -0.456 e. The van der Waals surface area contributed by atoms with Crippen molar-refractivity contribution in [3.8, 4) is 56.2 Å². The van der Waals surface area contributed by atoms with E-state index in [2.05, 4.69) is 141 Å². The van der Waals surface area contributed by atoms with E-state index >= 15 is 0 Å². The Bertz CT molecular complexity index is 2790. The molecule has 7 aromatic carbocycles. The molecule has 0 saturated carbocycles. The van der Waals surface area contributed by atoms with Gasteiger partial charge in [-0.2, -0.15) is 0 Å². The molecule has 10 rings (SSSR count). The van der Waals surface area contributed by atoms with Crippen molar-refractivity contribution in [2.75, 3.05) is 0 Å². The first-order valence-corrected chi connectivity index (χ1v) is 17.2. The fraction of sp³-hybridized carbons (Fsp3) is 0.0638. The summed E-state index contributed by atoms with van der Waals surface area (Å²) in [5, 5.41) is 4.54. The van der Waals surface area contributed by atoms with Crippen LogP contribution < -0.4 is 0 Å². The van der Waals surface area contributed by atoms with E-state index in [0.29, 0.717) is 5.82 Å². The Morgan fingerprint density at radius 3 is 1.92 bits per heavy atom. The zero-order valence-corrected chi connectivity index (χ0v) is 27.8. The maximum atomic E-state index is 6.15. The summed E-state index contributed by atoms with van der Waals surface area (Å²) < 4.78 is 6.15. The Morgan fingerprint density at radius 2 is 1.06 bits per heavy atom. The fourth-order valence-corrected chi connectivity index (χ4v) is 8.07. The summed E-state index contributed by atoms with van der Waals surface area (Å²) in [6.07, 6.45) is 0. The van der Waals surface area contributed by atoms with Crippen molar-refractivity contribution in [1.29, 1.82) is 0 Å². The van der Waals surface area contributed by atoms with E-state index in [0.717, 1.165) is 55.4 Å². The normalized spacial score (nSPS) is 13.2. The van der Waals surface area contributed by atoms with Gasteiger partial charge in [-0.25, -0.2) is 9.97 Å². The van der Waals surface area contributed by atoms with E-state index in [4.69, 9.17) is 14.4 Å². The third kappa shape index (κ3) is 4.30. The molecule has 2 heterocycles. The first kappa shape index (κ1) is 28.7. The van der Waals surface area contributed by atoms with E-state index < -0.39 is 0 Å². The summed E-state index contributed by atoms with van der Waals surface area (Å²) in [6, 6.07) is 55.9. The predicted octanol–water partition coefficient (Wildman–Crippen LogP) is 12.5. The molecular formula is C47H32N2O. The molecule has 3 nitrogen and oxygen atoms in total. The average Bonchev–Trinajstić information content (AvgIpc) is 3.66. The quantitative estimate of drug-likeness (QED) is 0.192. The second kappa shape index (κ2) is 10.8. The maximum absolute atomic E-state index is 6.15. The molecule has 0 N–H and O–H groups in total. The van der Waals surface area contributed by atoms with Gasteiger partial charge in [0.05, 0.1) is 11.4 Å². The standard InChI is InChI=1S/C47H32N2O/c1-47(2)39-20-10-8-18-37(39)45-36(19-12-21-40(45)47)33-24-25-34(32-16-7-6-15-31(32)33)42-28-41(48-46(49-42)29-13-4-3-5-14-29)30-23-26-44-38(27-30)35-17-9-11-22-43(35)50-44/h3-28H,1-2H3. The van der Waals surface area contributed by atoms with Crippen molar-refractivity contribution >= 4 is 32.7 Å². The Morgan fingerprint density at radius 1 is 0.420 bits per heavy atom. The van der Waals surface area contributed by atoms with Crippen molar-refractivity contribution in [3.05, 3.63) is 169 Å². The second-order valence-electron chi connectivity index (χ2n) is 13.7. The van der Waals surface area contributed by atoms with E-state index in [-0.39, 0.29) is 5.41 Å². The lowest BCUT2D eigenvalue weighted by Gasteiger charge is -2.22. The smallest absolute Gasteiger partial charge is 0.160 e. The van der Waals surface area contributed by atoms with E-state index in [1.165, 1.54) is 38.8 Å². The van der Waals surface area contributed by atoms with Gasteiger partial charge in [0.15, 0.2) is 5.82 Å². The fourth-order valence-electron chi connectivity index (χ4n) is 8.07. The van der Waals surface area contributed by atoms with Gasteiger partial charge in [-0.15, -0.1) is 0 Å². The lowest BCUT2D eigenvalue weighted by atomic mass is 9.81. The van der Waals surface area contributed by atoms with Crippen molar-refractivity contribution in [2.45, 2.75) is 19.3 Å². The molecule has 236 valence electrons. The van der Waals surface area contributed by atoms with Crippen LogP contribution in [-0.4, -0.2) is 9.97 Å². The number of hydrogen-bond acceptors (Lipinski definition) is 3. The topological polar surface area (TPSA) is 38.9 Å². The predicted molar refractivity (Wildman–Crippen MR) is 206 cm³/mol. The largest absolute Gasteiger partial charge is 0.456 e. The highest BCUT2D eigenvalue weighted by Crippen LogP contribution is 2.53. The van der Waals surface area contributed by atoms with Crippen LogP contribution in [0.25, 0.3) is 88.9 Å². The van der Waals surface area contributed by atoms with Gasteiger partial charge in [-0.1, -0.05) is 141 Å². The lowest BCUT2D eigenvalue weighted by molar-refractivity contribution is 0.660. The van der Waals surface area contributed by atoms with E-state index in [1.54, 1.807) is 0 Å². The Hall–Kier alpha value is -6.32. The van der Waals surface area contributed by atoms with Crippen LogP contribution in [0.3, 0.4) is 0 Å². The first-order valence-electron chi connectivity index (χ1n) is 17.2. The molecule has 0 saturated heterocycles. The third-order valence-electron chi connectivity index (χ3n) is 10.5. The van der Waals surface area contributed by atoms with E-state index in [1.807, 2.05) is 30.3 Å². The molecule has 0 atom stereocenters. The first-order chi connectivity index (χ1) is 24.5. The Kier molecular flexibility index (Phi) is 6.22. The summed E-state index contributed by atoms with van der Waals surface area (Å²) in [4.78, 5) is 10.4. The molecule has 2 aromatic heterocycles. The molecule has 0 unspecified atom stereocenters. The zero-order valence-electron chi connectivity index (χ0n) is 27.8. The number of benzene rings is 7. The molecule has 0 aliphatic heterocycles. The molecule has 50 heavy (non-hydrogen) atoms. The molecule has 0 bridgehead atoms. The van der Waals surface area contributed by atoms with Gasteiger partial charge in [-0.05, 0) is 74.5 Å². The SMILES string of the molecule is CC1(C)c2ccccc2-c2c(-c3ccc(-c4cc(-c5ccc6oc7ccccc7c6c5)nc(-c5ccccc5)n4)c4ccccc34)cccc21. The van der Waals surface area contributed by atoms with Crippen molar-refractivity contribution in [1.82, 2.24) is 9.97 Å². The van der Waals surface area contributed by atoms with Crippen molar-refractivity contribution in [3.63, 3.8) is 0 Å². The zero-order chi connectivity index (χ0) is 33.4. The molecule has 3 heteroatoms. The molecular weight excluding hydrogens is 609 g/mol. The monoisotopic (exact) mass is 640 g/mol. The van der Waals surface area contributed by atoms with Gasteiger partial charge >= 0.3 is 0 Å². The molecule has 1 aliphatic rings. The minimum atomic E-state index is -0.0609. The molecule has 0 radical (unpaired) electrons. The lowest BCUT2D eigenvalue weighted by Crippen LogP contribution is -2.14. The third-order valence-corrected chi connectivity index (χ3v) is 10.5.